The molecule has 3 aromatic carbocycles. The van der Waals surface area contributed by atoms with Crippen LogP contribution in [-0.2, 0) is 0 Å². The van der Waals surface area contributed by atoms with E-state index < -0.39 is 32.0 Å². The van der Waals surface area contributed by atoms with Crippen molar-refractivity contribution in [3.05, 3.63) is 104 Å². The molecule has 38 heavy (non-hydrogen) atoms. The predicted octanol–water partition coefficient (Wildman–Crippen LogP) is 6.98. The molecule has 4 N–H and O–H groups in total. The molecule has 3 aromatic rings. The van der Waals surface area contributed by atoms with Crippen LogP contribution in [0.5, 0.6) is 0 Å². The molecule has 0 amide bonds. The summed E-state index contributed by atoms with van der Waals surface area (Å²) in [5.74, 6) is 0. The van der Waals surface area contributed by atoms with Crippen molar-refractivity contribution >= 4 is 69.2 Å². The van der Waals surface area contributed by atoms with Crippen LogP contribution in [0.15, 0.2) is 60.7 Å². The third-order valence-corrected chi connectivity index (χ3v) is 7.80. The molecule has 0 saturated heterocycles. The van der Waals surface area contributed by atoms with Crippen molar-refractivity contribution in [2.24, 2.45) is 0 Å². The Morgan fingerprint density at radius 1 is 0.500 bits per heavy atom. The summed E-state index contributed by atoms with van der Waals surface area (Å²) in [6.07, 6.45) is 0. The molecular formula is C22H18Cl4N4O8-4. The van der Waals surface area contributed by atoms with E-state index in [1.165, 1.54) is 12.1 Å². The monoisotopic (exact) mass is 606 g/mol. The largest absolute Gasteiger partial charge is 0.769 e. The quantitative estimate of drug-likeness (QED) is 0.137. The molecule has 0 fully saturated rings. The number of benzene rings is 3. The highest BCUT2D eigenvalue weighted by Gasteiger charge is 2.27. The molecule has 4 atom stereocenters. The van der Waals surface area contributed by atoms with E-state index in [1.807, 2.05) is 0 Å². The standard InChI is InChI=1S/C22H18Cl4N4O8/c23-19(21(25)15-7-5-13(27(31)32)9-17(15)29(35)36)11-1-2-12(4-3-11)20(24)22(26)16-8-6-14(28(33)34)10-18(16)30(37)38/h1-10,19-22,35-38H/q-4/t19-,20+,21+,22-. The Hall–Kier alpha value is -2.30. The number of nitrogens with zero attached hydrogens (tertiary/aromatic N) is 4. The van der Waals surface area contributed by atoms with E-state index in [1.54, 1.807) is 24.3 Å². The summed E-state index contributed by atoms with van der Waals surface area (Å²) in [7, 11) is 0. The summed E-state index contributed by atoms with van der Waals surface area (Å²) in [4.78, 5) is 0. The predicted molar refractivity (Wildman–Crippen MR) is 144 cm³/mol. The molecule has 0 bridgehead atoms. The lowest BCUT2D eigenvalue weighted by Crippen LogP contribution is -2.16. The van der Waals surface area contributed by atoms with E-state index in [-0.39, 0.29) is 44.3 Å². The fraction of sp³-hybridized carbons (Fsp3) is 0.182. The zero-order chi connectivity index (χ0) is 28.3. The first kappa shape index (κ1) is 30.2. The van der Waals surface area contributed by atoms with E-state index in [0.29, 0.717) is 11.1 Å². The molecule has 0 aliphatic carbocycles. The SMILES string of the molecule is [O-]N([O-])c1ccc([C@@H](Cl)[C@@H](Cl)c2ccc([C@@H](Cl)[C@@H](Cl)c3ccc(N([O-])[O-])cc3N(O)O)cc2)c(N(O)O)c1. The third kappa shape index (κ3) is 6.63. The van der Waals surface area contributed by atoms with Gasteiger partial charge in [-0.1, -0.05) is 36.4 Å². The van der Waals surface area contributed by atoms with E-state index in [4.69, 9.17) is 46.4 Å². The van der Waals surface area contributed by atoms with E-state index in [0.717, 1.165) is 24.3 Å². The Bertz CT molecular complexity index is 1140. The lowest BCUT2D eigenvalue weighted by atomic mass is 9.97. The molecule has 206 valence electrons. The van der Waals surface area contributed by atoms with Gasteiger partial charge in [0.05, 0.1) is 21.5 Å². The maximum absolute atomic E-state index is 11.0. The van der Waals surface area contributed by atoms with Crippen LogP contribution in [0.1, 0.15) is 43.8 Å². The minimum Gasteiger partial charge on any atom is -0.769 e. The first-order valence-corrected chi connectivity index (χ1v) is 12.2. The molecule has 0 saturated carbocycles. The van der Waals surface area contributed by atoms with Crippen LogP contribution in [0, 0.1) is 20.8 Å². The molecule has 16 heteroatoms. The zero-order valence-corrected chi connectivity index (χ0v) is 21.8. The molecule has 0 unspecified atom stereocenters. The van der Waals surface area contributed by atoms with Crippen molar-refractivity contribution in [2.45, 2.75) is 21.5 Å². The molecule has 0 heterocycles. The number of rotatable bonds is 10. The average Bonchev–Trinajstić information content (AvgIpc) is 2.90. The minimum atomic E-state index is -1.05. The van der Waals surface area contributed by atoms with Gasteiger partial charge in [0, 0.05) is 22.5 Å². The number of halogens is 4. The molecule has 0 radical (unpaired) electrons. The molecule has 0 aromatic heterocycles. The fourth-order valence-corrected chi connectivity index (χ4v) is 4.84. The van der Waals surface area contributed by atoms with E-state index in [2.05, 4.69) is 0 Å². The van der Waals surface area contributed by atoms with Crippen molar-refractivity contribution < 1.29 is 20.8 Å². The molecule has 0 spiro atoms. The molecule has 0 aliphatic rings. The number of hydrogen-bond donors (Lipinski definition) is 4. The van der Waals surface area contributed by atoms with Gasteiger partial charge in [-0.3, -0.25) is 20.8 Å². The molecule has 0 aliphatic heterocycles. The normalized spacial score (nSPS) is 14.4. The van der Waals surface area contributed by atoms with Crippen LogP contribution in [0.25, 0.3) is 0 Å². The Balaban J connectivity index is 1.84. The van der Waals surface area contributed by atoms with Gasteiger partial charge in [0.2, 0.25) is 0 Å². The number of hydrogen-bond acceptors (Lipinski definition) is 12. The van der Waals surface area contributed by atoms with Crippen molar-refractivity contribution in [1.82, 2.24) is 0 Å². The second kappa shape index (κ2) is 12.7. The highest BCUT2D eigenvalue weighted by atomic mass is 35.5. The molecular weight excluding hydrogens is 590 g/mol. The zero-order valence-electron chi connectivity index (χ0n) is 18.8. The average molecular weight is 608 g/mol. The van der Waals surface area contributed by atoms with Crippen molar-refractivity contribution in [2.75, 3.05) is 20.9 Å². The lowest BCUT2D eigenvalue weighted by molar-refractivity contribution is 0.0280. The summed E-state index contributed by atoms with van der Waals surface area (Å²) in [5, 5.41) is 76.3. The summed E-state index contributed by atoms with van der Waals surface area (Å²) >= 11 is 26.0. The van der Waals surface area contributed by atoms with Gasteiger partial charge in [-0.05, 0) is 35.4 Å². The van der Waals surface area contributed by atoms with Gasteiger partial charge in [0.15, 0.2) is 0 Å². The van der Waals surface area contributed by atoms with Crippen LogP contribution in [0.4, 0.5) is 22.7 Å². The highest BCUT2D eigenvalue weighted by molar-refractivity contribution is 6.31. The first-order chi connectivity index (χ1) is 17.8. The van der Waals surface area contributed by atoms with Crippen LogP contribution in [-0.4, -0.2) is 20.8 Å². The topological polar surface area (TPSA) is 186 Å². The molecule has 12 nitrogen and oxygen atoms in total. The van der Waals surface area contributed by atoms with Gasteiger partial charge < -0.3 is 31.3 Å². The second-order valence-corrected chi connectivity index (χ2v) is 9.73. The van der Waals surface area contributed by atoms with Crippen molar-refractivity contribution in [3.63, 3.8) is 0 Å². The maximum Gasteiger partial charge on any atom is 0.101 e. The Morgan fingerprint density at radius 2 is 0.816 bits per heavy atom. The summed E-state index contributed by atoms with van der Waals surface area (Å²) in [6, 6.07) is 13.0. The van der Waals surface area contributed by atoms with Gasteiger partial charge in [-0.25, -0.2) is 0 Å². The van der Waals surface area contributed by atoms with Crippen LogP contribution < -0.4 is 20.9 Å². The summed E-state index contributed by atoms with van der Waals surface area (Å²) in [6.45, 7) is 0. The van der Waals surface area contributed by atoms with Crippen molar-refractivity contribution in [1.29, 1.82) is 0 Å². The fourth-order valence-electron chi connectivity index (χ4n) is 3.62. The third-order valence-electron chi connectivity index (χ3n) is 5.56. The van der Waals surface area contributed by atoms with Gasteiger partial charge in [0.1, 0.15) is 11.4 Å². The second-order valence-electron chi connectivity index (χ2n) is 7.85. The van der Waals surface area contributed by atoms with Gasteiger partial charge >= 0.3 is 0 Å². The Morgan fingerprint density at radius 3 is 1.08 bits per heavy atom. The van der Waals surface area contributed by atoms with Gasteiger partial charge in [-0.2, -0.15) is 0 Å². The maximum atomic E-state index is 11.0. The molecule has 3 rings (SSSR count). The summed E-state index contributed by atoms with van der Waals surface area (Å²) in [5.41, 5.74) is -0.212. The Labute approximate surface area is 235 Å². The van der Waals surface area contributed by atoms with Gasteiger partial charge in [0.25, 0.3) is 0 Å². The van der Waals surface area contributed by atoms with Crippen LogP contribution in [0.3, 0.4) is 0 Å². The lowest BCUT2D eigenvalue weighted by Gasteiger charge is -2.38. The highest BCUT2D eigenvalue weighted by Crippen LogP contribution is 2.46. The number of alkyl halides is 4. The van der Waals surface area contributed by atoms with E-state index in [9.17, 15) is 41.7 Å². The number of anilines is 4. The van der Waals surface area contributed by atoms with Gasteiger partial charge in [-0.15, -0.1) is 56.9 Å². The summed E-state index contributed by atoms with van der Waals surface area (Å²) < 4.78 is 0. The van der Waals surface area contributed by atoms with Crippen molar-refractivity contribution in [3.8, 4) is 0 Å². The van der Waals surface area contributed by atoms with Crippen LogP contribution >= 0.6 is 46.4 Å². The van der Waals surface area contributed by atoms with Crippen LogP contribution in [0.2, 0.25) is 0 Å². The van der Waals surface area contributed by atoms with E-state index >= 15 is 0 Å². The first-order valence-electron chi connectivity index (χ1n) is 10.4. The smallest absolute Gasteiger partial charge is 0.101 e. The minimum absolute atomic E-state index is 0.116. The Kier molecular flexibility index (Phi) is 10.1.